The Hall–Kier alpha value is -2.76. The van der Waals surface area contributed by atoms with Gasteiger partial charge in [-0.05, 0) is 32.0 Å². The number of hydrogen-bond acceptors (Lipinski definition) is 5. The summed E-state index contributed by atoms with van der Waals surface area (Å²) in [5.74, 6) is 1.51. The van der Waals surface area contributed by atoms with Crippen LogP contribution in [-0.2, 0) is 6.54 Å². The average molecular weight is 316 g/mol. The average Bonchev–Trinajstić information content (AvgIpc) is 2.55. The molecular formula is C17H20N2O4. The van der Waals surface area contributed by atoms with Crippen LogP contribution in [0, 0.1) is 10.1 Å². The lowest BCUT2D eigenvalue weighted by molar-refractivity contribution is -0.384. The molecule has 2 aromatic carbocycles. The summed E-state index contributed by atoms with van der Waals surface area (Å²) >= 11 is 0. The first kappa shape index (κ1) is 16.6. The fourth-order valence-electron chi connectivity index (χ4n) is 2.15. The van der Waals surface area contributed by atoms with Crippen molar-refractivity contribution in [2.45, 2.75) is 20.4 Å². The molecule has 0 aliphatic carbocycles. The maximum Gasteiger partial charge on any atom is 0.271 e. The van der Waals surface area contributed by atoms with Gasteiger partial charge in [-0.15, -0.1) is 0 Å². The number of nitrogens with zero attached hydrogens (tertiary/aromatic N) is 1. The summed E-state index contributed by atoms with van der Waals surface area (Å²) in [6.07, 6.45) is 0. The van der Waals surface area contributed by atoms with Crippen molar-refractivity contribution >= 4 is 11.4 Å². The van der Waals surface area contributed by atoms with Crippen molar-refractivity contribution in [2.24, 2.45) is 0 Å². The van der Waals surface area contributed by atoms with Gasteiger partial charge in [-0.3, -0.25) is 10.1 Å². The Bertz CT molecular complexity index is 673. The van der Waals surface area contributed by atoms with Gasteiger partial charge in [0.1, 0.15) is 11.5 Å². The second kappa shape index (κ2) is 8.03. The van der Waals surface area contributed by atoms with Gasteiger partial charge in [0.2, 0.25) is 0 Å². The van der Waals surface area contributed by atoms with E-state index in [9.17, 15) is 10.1 Å². The molecule has 23 heavy (non-hydrogen) atoms. The van der Waals surface area contributed by atoms with Crippen LogP contribution < -0.4 is 14.8 Å². The van der Waals surface area contributed by atoms with E-state index in [2.05, 4.69) is 5.32 Å². The maximum absolute atomic E-state index is 10.8. The molecule has 0 unspecified atom stereocenters. The zero-order valence-corrected chi connectivity index (χ0v) is 13.2. The Morgan fingerprint density at radius 1 is 1.09 bits per heavy atom. The van der Waals surface area contributed by atoms with E-state index in [1.54, 1.807) is 12.1 Å². The largest absolute Gasteiger partial charge is 0.494 e. The SMILES string of the molecule is CCOc1ccc(CNc2cccc([N+](=O)[O-])c2)c(OCC)c1. The zero-order valence-electron chi connectivity index (χ0n) is 13.2. The first-order valence-electron chi connectivity index (χ1n) is 7.51. The molecule has 6 nitrogen and oxygen atoms in total. The van der Waals surface area contributed by atoms with E-state index in [1.165, 1.54) is 12.1 Å². The highest BCUT2D eigenvalue weighted by Crippen LogP contribution is 2.26. The number of rotatable bonds is 8. The predicted molar refractivity (Wildman–Crippen MR) is 89.2 cm³/mol. The molecule has 0 aliphatic heterocycles. The molecule has 6 heteroatoms. The number of anilines is 1. The highest BCUT2D eigenvalue weighted by Gasteiger charge is 2.08. The topological polar surface area (TPSA) is 73.6 Å². The smallest absolute Gasteiger partial charge is 0.271 e. The van der Waals surface area contributed by atoms with E-state index in [4.69, 9.17) is 9.47 Å². The van der Waals surface area contributed by atoms with Crippen molar-refractivity contribution in [3.8, 4) is 11.5 Å². The van der Waals surface area contributed by atoms with Crippen LogP contribution in [-0.4, -0.2) is 18.1 Å². The highest BCUT2D eigenvalue weighted by molar-refractivity contribution is 5.52. The van der Waals surface area contributed by atoms with E-state index in [0.29, 0.717) is 25.4 Å². The lowest BCUT2D eigenvalue weighted by Crippen LogP contribution is -2.04. The van der Waals surface area contributed by atoms with Gasteiger partial charge >= 0.3 is 0 Å². The van der Waals surface area contributed by atoms with Crippen molar-refractivity contribution in [2.75, 3.05) is 18.5 Å². The quantitative estimate of drug-likeness (QED) is 0.588. The fraction of sp³-hybridized carbons (Fsp3) is 0.294. The third-order valence-corrected chi connectivity index (χ3v) is 3.19. The van der Waals surface area contributed by atoms with Crippen LogP contribution in [0.3, 0.4) is 0 Å². The molecule has 122 valence electrons. The molecule has 0 saturated heterocycles. The first-order valence-corrected chi connectivity index (χ1v) is 7.51. The number of non-ortho nitro benzene ring substituents is 1. The van der Waals surface area contributed by atoms with E-state index < -0.39 is 4.92 Å². The van der Waals surface area contributed by atoms with Crippen LogP contribution in [0.15, 0.2) is 42.5 Å². The molecule has 0 heterocycles. The predicted octanol–water partition coefficient (Wildman–Crippen LogP) is 4.00. The van der Waals surface area contributed by atoms with Gasteiger partial charge in [0, 0.05) is 36.0 Å². The van der Waals surface area contributed by atoms with Gasteiger partial charge in [-0.25, -0.2) is 0 Å². The van der Waals surface area contributed by atoms with Crippen molar-refractivity contribution < 1.29 is 14.4 Å². The Labute approximate surface area is 135 Å². The van der Waals surface area contributed by atoms with Crippen molar-refractivity contribution in [3.63, 3.8) is 0 Å². The van der Waals surface area contributed by atoms with Gasteiger partial charge in [0.25, 0.3) is 5.69 Å². The zero-order chi connectivity index (χ0) is 16.7. The third-order valence-electron chi connectivity index (χ3n) is 3.19. The first-order chi connectivity index (χ1) is 11.1. The molecule has 0 fully saturated rings. The van der Waals surface area contributed by atoms with Crippen LogP contribution in [0.5, 0.6) is 11.5 Å². The summed E-state index contributed by atoms with van der Waals surface area (Å²) in [5.41, 5.74) is 1.71. The van der Waals surface area contributed by atoms with Crippen LogP contribution in [0.1, 0.15) is 19.4 Å². The number of nitro groups is 1. The number of nitro benzene ring substituents is 1. The van der Waals surface area contributed by atoms with Crippen molar-refractivity contribution in [1.82, 2.24) is 0 Å². The van der Waals surface area contributed by atoms with Gasteiger partial charge < -0.3 is 14.8 Å². The summed E-state index contributed by atoms with van der Waals surface area (Å²) in [4.78, 5) is 10.4. The molecule has 2 rings (SSSR count). The van der Waals surface area contributed by atoms with Gasteiger partial charge in [-0.1, -0.05) is 6.07 Å². The molecule has 0 radical (unpaired) electrons. The van der Waals surface area contributed by atoms with E-state index in [-0.39, 0.29) is 5.69 Å². The molecule has 1 N–H and O–H groups in total. The van der Waals surface area contributed by atoms with Crippen molar-refractivity contribution in [1.29, 1.82) is 0 Å². The highest BCUT2D eigenvalue weighted by atomic mass is 16.6. The third kappa shape index (κ3) is 4.60. The number of hydrogen-bond donors (Lipinski definition) is 1. The summed E-state index contributed by atoms with van der Waals surface area (Å²) in [5, 5.41) is 14.0. The fourth-order valence-corrected chi connectivity index (χ4v) is 2.15. The van der Waals surface area contributed by atoms with Gasteiger partial charge in [0.05, 0.1) is 18.1 Å². The molecule has 0 atom stereocenters. The minimum absolute atomic E-state index is 0.0618. The Morgan fingerprint density at radius 3 is 2.57 bits per heavy atom. The second-order valence-corrected chi connectivity index (χ2v) is 4.80. The van der Waals surface area contributed by atoms with Gasteiger partial charge in [-0.2, -0.15) is 0 Å². The minimum atomic E-state index is -0.409. The Kier molecular flexibility index (Phi) is 5.80. The standard InChI is InChI=1S/C17H20N2O4/c1-3-22-16-9-8-13(17(11-16)23-4-2)12-18-14-6-5-7-15(10-14)19(20)21/h5-11,18H,3-4,12H2,1-2H3. The minimum Gasteiger partial charge on any atom is -0.494 e. The molecule has 0 aliphatic rings. The lowest BCUT2D eigenvalue weighted by atomic mass is 10.1. The number of benzene rings is 2. The van der Waals surface area contributed by atoms with Crippen LogP contribution in [0.4, 0.5) is 11.4 Å². The number of nitrogens with one attached hydrogen (secondary N) is 1. The molecular weight excluding hydrogens is 296 g/mol. The molecule has 0 spiro atoms. The molecule has 0 bridgehead atoms. The van der Waals surface area contributed by atoms with Crippen LogP contribution in [0.25, 0.3) is 0 Å². The summed E-state index contributed by atoms with van der Waals surface area (Å²) in [6, 6.07) is 12.1. The Balaban J connectivity index is 2.13. The van der Waals surface area contributed by atoms with Crippen molar-refractivity contribution in [3.05, 3.63) is 58.1 Å². The molecule has 2 aromatic rings. The van der Waals surface area contributed by atoms with Crippen LogP contribution in [0.2, 0.25) is 0 Å². The van der Waals surface area contributed by atoms with E-state index in [1.807, 2.05) is 32.0 Å². The monoisotopic (exact) mass is 316 g/mol. The Morgan fingerprint density at radius 2 is 1.87 bits per heavy atom. The summed E-state index contributed by atoms with van der Waals surface area (Å²) in [7, 11) is 0. The molecule has 0 saturated carbocycles. The normalized spacial score (nSPS) is 10.2. The summed E-state index contributed by atoms with van der Waals surface area (Å²) in [6.45, 7) is 5.50. The lowest BCUT2D eigenvalue weighted by Gasteiger charge is -2.13. The maximum atomic E-state index is 10.8. The molecule has 0 amide bonds. The summed E-state index contributed by atoms with van der Waals surface area (Å²) < 4.78 is 11.1. The molecule has 0 aromatic heterocycles. The van der Waals surface area contributed by atoms with E-state index in [0.717, 1.165) is 17.1 Å². The van der Waals surface area contributed by atoms with E-state index >= 15 is 0 Å². The second-order valence-electron chi connectivity index (χ2n) is 4.80. The number of ether oxygens (including phenoxy) is 2. The van der Waals surface area contributed by atoms with Crippen LogP contribution >= 0.6 is 0 Å². The van der Waals surface area contributed by atoms with Gasteiger partial charge in [0.15, 0.2) is 0 Å².